The summed E-state index contributed by atoms with van der Waals surface area (Å²) in [4.78, 5) is 12.2. The van der Waals surface area contributed by atoms with Crippen molar-refractivity contribution in [3.8, 4) is 0 Å². The molecule has 1 aromatic carbocycles. The van der Waals surface area contributed by atoms with Crippen molar-refractivity contribution < 1.29 is 18.0 Å². The number of nitrogens with one attached hydrogen (secondary N) is 2. The van der Waals surface area contributed by atoms with Crippen LogP contribution in [0.4, 0.5) is 13.2 Å². The van der Waals surface area contributed by atoms with Crippen LogP contribution in [0.15, 0.2) is 24.3 Å². The summed E-state index contributed by atoms with van der Waals surface area (Å²) in [5.41, 5.74) is -0.779. The van der Waals surface area contributed by atoms with Crippen LogP contribution >= 0.6 is 0 Å². The van der Waals surface area contributed by atoms with Crippen LogP contribution in [0.3, 0.4) is 0 Å². The molecule has 23 heavy (non-hydrogen) atoms. The maximum absolute atomic E-state index is 13.0. The van der Waals surface area contributed by atoms with Crippen molar-refractivity contribution in [2.24, 2.45) is 0 Å². The Labute approximate surface area is 134 Å². The molecule has 3 nitrogen and oxygen atoms in total. The van der Waals surface area contributed by atoms with E-state index < -0.39 is 17.3 Å². The van der Waals surface area contributed by atoms with Crippen LogP contribution in [0, 0.1) is 0 Å². The van der Waals surface area contributed by atoms with Crippen molar-refractivity contribution in [3.05, 3.63) is 35.4 Å². The molecule has 0 spiro atoms. The maximum Gasteiger partial charge on any atom is 0.416 e. The van der Waals surface area contributed by atoms with Gasteiger partial charge in [-0.3, -0.25) is 4.79 Å². The van der Waals surface area contributed by atoms with Gasteiger partial charge < -0.3 is 10.6 Å². The van der Waals surface area contributed by atoms with E-state index in [1.807, 2.05) is 0 Å². The smallest absolute Gasteiger partial charge is 0.347 e. The summed E-state index contributed by atoms with van der Waals surface area (Å²) in [6, 6.07) is 5.37. The molecule has 1 fully saturated rings. The van der Waals surface area contributed by atoms with Crippen LogP contribution < -0.4 is 10.6 Å². The minimum atomic E-state index is -4.37. The zero-order chi connectivity index (χ0) is 16.9. The quantitative estimate of drug-likeness (QED) is 0.867. The van der Waals surface area contributed by atoms with Gasteiger partial charge in [0.25, 0.3) is 0 Å². The lowest BCUT2D eigenvalue weighted by molar-refractivity contribution is -0.137. The van der Waals surface area contributed by atoms with Crippen molar-refractivity contribution in [2.45, 2.75) is 50.2 Å². The summed E-state index contributed by atoms with van der Waals surface area (Å²) < 4.78 is 39.0. The Balaban J connectivity index is 2.29. The van der Waals surface area contributed by atoms with Gasteiger partial charge in [0.1, 0.15) is 0 Å². The second-order valence-corrected chi connectivity index (χ2v) is 6.12. The number of rotatable bonds is 5. The van der Waals surface area contributed by atoms with Gasteiger partial charge in [-0.15, -0.1) is 0 Å². The SMILES string of the molecule is CNCCC(=O)NC1(c2cccc(C(F)(F)F)c2)CCCCC1. The first-order valence-electron chi connectivity index (χ1n) is 8.01. The summed E-state index contributed by atoms with van der Waals surface area (Å²) in [7, 11) is 1.76. The molecule has 1 amide bonds. The predicted octanol–water partition coefficient (Wildman–Crippen LogP) is 3.59. The van der Waals surface area contributed by atoms with E-state index in [1.54, 1.807) is 13.1 Å². The van der Waals surface area contributed by atoms with Crippen molar-refractivity contribution >= 4 is 5.91 Å². The number of alkyl halides is 3. The molecule has 0 radical (unpaired) electrons. The monoisotopic (exact) mass is 328 g/mol. The van der Waals surface area contributed by atoms with E-state index in [9.17, 15) is 18.0 Å². The Morgan fingerprint density at radius 3 is 2.52 bits per heavy atom. The fourth-order valence-electron chi connectivity index (χ4n) is 3.20. The lowest BCUT2D eigenvalue weighted by atomic mass is 9.76. The molecule has 0 aromatic heterocycles. The minimum absolute atomic E-state index is 0.126. The Hall–Kier alpha value is -1.56. The van der Waals surface area contributed by atoms with Crippen LogP contribution in [0.2, 0.25) is 0 Å². The van der Waals surface area contributed by atoms with Gasteiger partial charge in [-0.2, -0.15) is 13.2 Å². The second-order valence-electron chi connectivity index (χ2n) is 6.12. The number of carbonyl (C=O) groups is 1. The third-order valence-electron chi connectivity index (χ3n) is 4.43. The van der Waals surface area contributed by atoms with Crippen molar-refractivity contribution in [1.29, 1.82) is 0 Å². The molecule has 1 aliphatic carbocycles. The second kappa shape index (κ2) is 7.34. The van der Waals surface area contributed by atoms with Gasteiger partial charge in [-0.1, -0.05) is 31.4 Å². The molecule has 1 saturated carbocycles. The average molecular weight is 328 g/mol. The van der Waals surface area contributed by atoms with Gasteiger partial charge in [0.05, 0.1) is 11.1 Å². The van der Waals surface area contributed by atoms with Crippen molar-refractivity contribution in [2.75, 3.05) is 13.6 Å². The largest absolute Gasteiger partial charge is 0.416 e. The van der Waals surface area contributed by atoms with Gasteiger partial charge in [0.2, 0.25) is 5.91 Å². The molecule has 2 rings (SSSR count). The van der Waals surface area contributed by atoms with Gasteiger partial charge in [0, 0.05) is 13.0 Å². The molecular weight excluding hydrogens is 305 g/mol. The summed E-state index contributed by atoms with van der Waals surface area (Å²) in [6.07, 6.45) is 0.163. The highest BCUT2D eigenvalue weighted by Crippen LogP contribution is 2.39. The zero-order valence-corrected chi connectivity index (χ0v) is 13.3. The molecule has 0 atom stereocenters. The third kappa shape index (κ3) is 4.47. The Kier molecular flexibility index (Phi) is 5.68. The van der Waals surface area contributed by atoms with Crippen LogP contribution in [-0.2, 0) is 16.5 Å². The third-order valence-corrected chi connectivity index (χ3v) is 4.43. The van der Waals surface area contributed by atoms with E-state index in [2.05, 4.69) is 10.6 Å². The first-order valence-corrected chi connectivity index (χ1v) is 8.01. The first-order chi connectivity index (χ1) is 10.9. The summed E-state index contributed by atoms with van der Waals surface area (Å²) in [6.45, 7) is 0.546. The fraction of sp³-hybridized carbons (Fsp3) is 0.588. The van der Waals surface area contributed by atoms with Crippen LogP contribution in [-0.4, -0.2) is 19.5 Å². The van der Waals surface area contributed by atoms with Crippen LogP contribution in [0.25, 0.3) is 0 Å². The Morgan fingerprint density at radius 2 is 1.91 bits per heavy atom. The summed E-state index contributed by atoms with van der Waals surface area (Å²) in [5.74, 6) is -0.126. The van der Waals surface area contributed by atoms with E-state index in [-0.39, 0.29) is 5.91 Å². The number of halogens is 3. The van der Waals surface area contributed by atoms with E-state index in [0.29, 0.717) is 31.4 Å². The summed E-state index contributed by atoms with van der Waals surface area (Å²) in [5, 5.41) is 5.92. The highest BCUT2D eigenvalue weighted by Gasteiger charge is 2.37. The van der Waals surface area contributed by atoms with Gasteiger partial charge >= 0.3 is 6.18 Å². The Morgan fingerprint density at radius 1 is 1.22 bits per heavy atom. The molecule has 128 valence electrons. The highest BCUT2D eigenvalue weighted by molar-refractivity contribution is 5.77. The molecule has 0 heterocycles. The molecule has 1 aliphatic rings. The number of hydrogen-bond donors (Lipinski definition) is 2. The standard InChI is InChI=1S/C17H23F3N2O/c1-21-11-8-15(23)22-16(9-3-2-4-10-16)13-6-5-7-14(12-13)17(18,19)20/h5-7,12,21H,2-4,8-11H2,1H3,(H,22,23). The van der Waals surface area contributed by atoms with Crippen molar-refractivity contribution in [1.82, 2.24) is 10.6 Å². The van der Waals surface area contributed by atoms with E-state index in [4.69, 9.17) is 0 Å². The lowest BCUT2D eigenvalue weighted by Gasteiger charge is -2.39. The first kappa shape index (κ1) is 17.8. The summed E-state index contributed by atoms with van der Waals surface area (Å²) >= 11 is 0. The Bertz CT molecular complexity index is 537. The number of hydrogen-bond acceptors (Lipinski definition) is 2. The molecule has 1 aromatic rings. The van der Waals surface area contributed by atoms with Crippen LogP contribution in [0.1, 0.15) is 49.7 Å². The lowest BCUT2D eigenvalue weighted by Crippen LogP contribution is -2.47. The molecule has 0 saturated heterocycles. The van der Waals surface area contributed by atoms with E-state index >= 15 is 0 Å². The number of benzene rings is 1. The normalized spacial score (nSPS) is 17.7. The van der Waals surface area contributed by atoms with Gasteiger partial charge in [-0.25, -0.2) is 0 Å². The number of amides is 1. The minimum Gasteiger partial charge on any atom is -0.347 e. The molecule has 2 N–H and O–H groups in total. The number of carbonyl (C=O) groups excluding carboxylic acids is 1. The molecule has 0 aliphatic heterocycles. The van der Waals surface area contributed by atoms with Crippen molar-refractivity contribution in [3.63, 3.8) is 0 Å². The molecule has 6 heteroatoms. The van der Waals surface area contributed by atoms with E-state index in [0.717, 1.165) is 25.3 Å². The van der Waals surface area contributed by atoms with Gasteiger partial charge in [-0.05, 0) is 37.6 Å². The van der Waals surface area contributed by atoms with E-state index in [1.165, 1.54) is 12.1 Å². The van der Waals surface area contributed by atoms with Crippen LogP contribution in [0.5, 0.6) is 0 Å². The maximum atomic E-state index is 13.0. The predicted molar refractivity (Wildman–Crippen MR) is 82.9 cm³/mol. The molecule has 0 bridgehead atoms. The zero-order valence-electron chi connectivity index (χ0n) is 13.3. The highest BCUT2D eigenvalue weighted by atomic mass is 19.4. The molecule has 0 unspecified atom stereocenters. The average Bonchev–Trinajstić information content (AvgIpc) is 2.53. The molecular formula is C17H23F3N2O. The van der Waals surface area contributed by atoms with Gasteiger partial charge in [0.15, 0.2) is 0 Å². The fourth-order valence-corrected chi connectivity index (χ4v) is 3.20. The topological polar surface area (TPSA) is 41.1 Å².